The first kappa shape index (κ1) is 15.7. The van der Waals surface area contributed by atoms with E-state index in [9.17, 15) is 4.79 Å². The molecule has 120 valence electrons. The highest BCUT2D eigenvalue weighted by Gasteiger charge is 2.24. The Bertz CT molecular complexity index is 630. The van der Waals surface area contributed by atoms with Crippen LogP contribution in [0.4, 0.5) is 5.69 Å². The first-order valence-electron chi connectivity index (χ1n) is 7.94. The largest absolute Gasteiger partial charge is 0.371 e. The number of amides is 1. The lowest BCUT2D eigenvalue weighted by atomic mass is 10.1. The lowest BCUT2D eigenvalue weighted by Gasteiger charge is -2.33. The second-order valence-corrected chi connectivity index (χ2v) is 5.79. The van der Waals surface area contributed by atoms with Crippen LogP contribution in [0.25, 0.3) is 0 Å². The van der Waals surface area contributed by atoms with Crippen molar-refractivity contribution in [1.29, 1.82) is 0 Å². The average molecular weight is 310 g/mol. The Kier molecular flexibility index (Phi) is 5.05. The van der Waals surface area contributed by atoms with E-state index in [0.717, 1.165) is 18.8 Å². The van der Waals surface area contributed by atoms with E-state index in [2.05, 4.69) is 17.0 Å². The fourth-order valence-corrected chi connectivity index (χ4v) is 2.81. The van der Waals surface area contributed by atoms with Crippen LogP contribution in [-0.4, -0.2) is 44.1 Å². The SMILES string of the molecule is CN(C(=O)CN1CCOC(c2ccccc2)C1)c1ccccc1. The zero-order chi connectivity index (χ0) is 16.1. The number of anilines is 1. The minimum atomic E-state index is 0.0415. The van der Waals surface area contributed by atoms with Crippen LogP contribution in [-0.2, 0) is 9.53 Å². The number of nitrogens with zero attached hydrogens (tertiary/aromatic N) is 2. The van der Waals surface area contributed by atoms with Gasteiger partial charge >= 0.3 is 0 Å². The molecule has 1 amide bonds. The summed E-state index contributed by atoms with van der Waals surface area (Å²) in [7, 11) is 1.83. The van der Waals surface area contributed by atoms with Crippen LogP contribution < -0.4 is 4.90 Å². The molecule has 1 unspecified atom stereocenters. The molecule has 3 rings (SSSR count). The van der Waals surface area contributed by atoms with Crippen molar-refractivity contribution in [3.05, 3.63) is 66.2 Å². The Balaban J connectivity index is 1.60. The molecule has 4 nitrogen and oxygen atoms in total. The molecule has 0 N–H and O–H groups in total. The molecule has 0 radical (unpaired) electrons. The molecule has 1 aliphatic rings. The molecule has 0 spiro atoms. The summed E-state index contributed by atoms with van der Waals surface area (Å²) in [5.74, 6) is 0.102. The van der Waals surface area contributed by atoms with Crippen molar-refractivity contribution >= 4 is 11.6 Å². The molecule has 0 aromatic heterocycles. The van der Waals surface area contributed by atoms with E-state index in [4.69, 9.17) is 4.74 Å². The van der Waals surface area contributed by atoms with E-state index in [1.54, 1.807) is 4.90 Å². The van der Waals surface area contributed by atoms with Crippen molar-refractivity contribution in [2.24, 2.45) is 0 Å². The Morgan fingerprint density at radius 2 is 1.78 bits per heavy atom. The summed E-state index contributed by atoms with van der Waals surface area (Å²) >= 11 is 0. The molecular weight excluding hydrogens is 288 g/mol. The van der Waals surface area contributed by atoms with Crippen molar-refractivity contribution in [2.75, 3.05) is 38.2 Å². The van der Waals surface area contributed by atoms with Gasteiger partial charge in [-0.1, -0.05) is 48.5 Å². The van der Waals surface area contributed by atoms with Gasteiger partial charge in [0.15, 0.2) is 0 Å². The summed E-state index contributed by atoms with van der Waals surface area (Å²) in [6.07, 6.45) is 0.0415. The molecule has 0 bridgehead atoms. The van der Waals surface area contributed by atoms with Gasteiger partial charge in [0.05, 0.1) is 19.3 Å². The molecule has 4 heteroatoms. The van der Waals surface area contributed by atoms with Crippen molar-refractivity contribution in [1.82, 2.24) is 4.90 Å². The highest BCUT2D eigenvalue weighted by molar-refractivity contribution is 5.94. The third kappa shape index (κ3) is 3.97. The Labute approximate surface area is 137 Å². The number of morpholine rings is 1. The maximum Gasteiger partial charge on any atom is 0.240 e. The van der Waals surface area contributed by atoms with E-state index in [-0.39, 0.29) is 12.0 Å². The molecule has 23 heavy (non-hydrogen) atoms. The molecule has 1 fully saturated rings. The monoisotopic (exact) mass is 310 g/mol. The number of rotatable bonds is 4. The third-order valence-electron chi connectivity index (χ3n) is 4.20. The van der Waals surface area contributed by atoms with Crippen LogP contribution in [0, 0.1) is 0 Å². The van der Waals surface area contributed by atoms with E-state index in [1.807, 2.05) is 55.6 Å². The predicted octanol–water partition coefficient (Wildman–Crippen LogP) is 2.72. The number of para-hydroxylation sites is 1. The lowest BCUT2D eigenvalue weighted by molar-refractivity contribution is -0.121. The second kappa shape index (κ2) is 7.40. The Morgan fingerprint density at radius 1 is 1.13 bits per heavy atom. The van der Waals surface area contributed by atoms with E-state index < -0.39 is 0 Å². The van der Waals surface area contributed by atoms with Gasteiger partial charge < -0.3 is 9.64 Å². The minimum absolute atomic E-state index is 0.0415. The summed E-state index contributed by atoms with van der Waals surface area (Å²) in [6.45, 7) is 2.61. The number of carbonyl (C=O) groups excluding carboxylic acids is 1. The topological polar surface area (TPSA) is 32.8 Å². The van der Waals surface area contributed by atoms with Crippen molar-refractivity contribution < 1.29 is 9.53 Å². The fraction of sp³-hybridized carbons (Fsp3) is 0.316. The standard InChI is InChI=1S/C19H22N2O2/c1-20(17-10-6-3-7-11-17)19(22)15-21-12-13-23-18(14-21)16-8-4-2-5-9-16/h2-11,18H,12-15H2,1H3. The van der Waals surface area contributed by atoms with Crippen LogP contribution in [0.15, 0.2) is 60.7 Å². The van der Waals surface area contributed by atoms with E-state index >= 15 is 0 Å². The lowest BCUT2D eigenvalue weighted by Crippen LogP contribution is -2.44. The van der Waals surface area contributed by atoms with E-state index in [1.165, 1.54) is 5.56 Å². The van der Waals surface area contributed by atoms with Crippen LogP contribution in [0.5, 0.6) is 0 Å². The van der Waals surface area contributed by atoms with Gasteiger partial charge in [0.2, 0.25) is 5.91 Å². The van der Waals surface area contributed by atoms with Gasteiger partial charge in [0, 0.05) is 25.8 Å². The number of benzene rings is 2. The number of ether oxygens (including phenoxy) is 1. The van der Waals surface area contributed by atoms with Crippen LogP contribution in [0.2, 0.25) is 0 Å². The zero-order valence-electron chi connectivity index (χ0n) is 13.4. The molecule has 2 aromatic carbocycles. The first-order valence-corrected chi connectivity index (χ1v) is 7.94. The Hall–Kier alpha value is -2.17. The van der Waals surface area contributed by atoms with Crippen LogP contribution in [0.3, 0.4) is 0 Å². The predicted molar refractivity (Wildman–Crippen MR) is 91.4 cm³/mol. The highest BCUT2D eigenvalue weighted by atomic mass is 16.5. The maximum atomic E-state index is 12.5. The minimum Gasteiger partial charge on any atom is -0.371 e. The molecule has 0 aliphatic carbocycles. The third-order valence-corrected chi connectivity index (χ3v) is 4.20. The first-order chi connectivity index (χ1) is 11.2. The average Bonchev–Trinajstić information content (AvgIpc) is 2.63. The highest BCUT2D eigenvalue weighted by Crippen LogP contribution is 2.22. The molecule has 0 saturated carbocycles. The molecule has 1 saturated heterocycles. The van der Waals surface area contributed by atoms with Crippen molar-refractivity contribution in [3.8, 4) is 0 Å². The van der Waals surface area contributed by atoms with Crippen molar-refractivity contribution in [3.63, 3.8) is 0 Å². The second-order valence-electron chi connectivity index (χ2n) is 5.79. The summed E-state index contributed by atoms with van der Waals surface area (Å²) in [5, 5.41) is 0. The molecular formula is C19H22N2O2. The smallest absolute Gasteiger partial charge is 0.240 e. The van der Waals surface area contributed by atoms with E-state index in [0.29, 0.717) is 13.2 Å². The number of hydrogen-bond acceptors (Lipinski definition) is 3. The van der Waals surface area contributed by atoms with Gasteiger partial charge in [0.25, 0.3) is 0 Å². The number of likely N-dealkylation sites (N-methyl/N-ethyl adjacent to an activating group) is 1. The van der Waals surface area contributed by atoms with Crippen LogP contribution in [0.1, 0.15) is 11.7 Å². The van der Waals surface area contributed by atoms with Gasteiger partial charge in [0.1, 0.15) is 0 Å². The summed E-state index contributed by atoms with van der Waals surface area (Å²) in [4.78, 5) is 16.4. The number of carbonyl (C=O) groups is 1. The summed E-state index contributed by atoms with van der Waals surface area (Å²) in [6, 6.07) is 19.9. The summed E-state index contributed by atoms with van der Waals surface area (Å²) < 4.78 is 5.85. The molecule has 2 aromatic rings. The number of hydrogen-bond donors (Lipinski definition) is 0. The van der Waals surface area contributed by atoms with Crippen LogP contribution >= 0.6 is 0 Å². The maximum absolute atomic E-state index is 12.5. The zero-order valence-corrected chi connectivity index (χ0v) is 13.4. The molecule has 1 aliphatic heterocycles. The quantitative estimate of drug-likeness (QED) is 0.870. The van der Waals surface area contributed by atoms with Gasteiger partial charge in [-0.2, -0.15) is 0 Å². The van der Waals surface area contributed by atoms with Crippen molar-refractivity contribution in [2.45, 2.75) is 6.10 Å². The van der Waals surface area contributed by atoms with Gasteiger partial charge in [-0.3, -0.25) is 9.69 Å². The van der Waals surface area contributed by atoms with Gasteiger partial charge in [-0.15, -0.1) is 0 Å². The van der Waals surface area contributed by atoms with Gasteiger partial charge in [-0.05, 0) is 17.7 Å². The molecule has 1 atom stereocenters. The normalized spacial score (nSPS) is 18.6. The Morgan fingerprint density at radius 3 is 2.48 bits per heavy atom. The molecule has 1 heterocycles. The fourth-order valence-electron chi connectivity index (χ4n) is 2.81. The summed E-state index contributed by atoms with van der Waals surface area (Å²) in [5.41, 5.74) is 2.09. The van der Waals surface area contributed by atoms with Gasteiger partial charge in [-0.25, -0.2) is 0 Å².